The number of benzene rings is 1. The van der Waals surface area contributed by atoms with Crippen molar-refractivity contribution in [2.24, 2.45) is 5.92 Å². The van der Waals surface area contributed by atoms with Crippen molar-refractivity contribution in [1.29, 1.82) is 0 Å². The Morgan fingerprint density at radius 3 is 2.90 bits per heavy atom. The summed E-state index contributed by atoms with van der Waals surface area (Å²) >= 11 is 0. The van der Waals surface area contributed by atoms with Gasteiger partial charge in [-0.3, -0.25) is 4.79 Å². The zero-order valence-electron chi connectivity index (χ0n) is 11.3. The number of carbonyl (C=O) groups excluding carboxylic acids is 1. The molecule has 20 heavy (non-hydrogen) atoms. The molecule has 1 aliphatic rings. The number of carboxylic acids is 1. The van der Waals surface area contributed by atoms with Crippen LogP contribution in [-0.4, -0.2) is 43.3 Å². The second kappa shape index (κ2) is 6.49. The monoisotopic (exact) mass is 278 g/mol. The van der Waals surface area contributed by atoms with Crippen LogP contribution in [-0.2, 0) is 16.1 Å². The molecule has 2 atom stereocenters. The number of rotatable bonds is 5. The van der Waals surface area contributed by atoms with Crippen LogP contribution >= 0.6 is 0 Å². The van der Waals surface area contributed by atoms with Crippen LogP contribution in [0.4, 0.5) is 0 Å². The molecule has 1 saturated heterocycles. The van der Waals surface area contributed by atoms with Crippen LogP contribution in [0.5, 0.6) is 0 Å². The Kier molecular flexibility index (Phi) is 4.70. The first kappa shape index (κ1) is 14.5. The molecular weight excluding hydrogens is 260 g/mol. The number of hydrogen-bond acceptors (Lipinski definition) is 4. The van der Waals surface area contributed by atoms with E-state index < -0.39 is 5.97 Å². The Balaban J connectivity index is 1.93. The summed E-state index contributed by atoms with van der Waals surface area (Å²) in [5.74, 6) is -1.26. The molecule has 0 saturated carbocycles. The summed E-state index contributed by atoms with van der Waals surface area (Å²) in [6.45, 7) is 1.25. The highest BCUT2D eigenvalue weighted by molar-refractivity contribution is 5.87. The lowest BCUT2D eigenvalue weighted by molar-refractivity contribution is -0.125. The number of carbonyl (C=O) groups is 2. The van der Waals surface area contributed by atoms with E-state index in [1.54, 1.807) is 25.2 Å². The van der Waals surface area contributed by atoms with Crippen molar-refractivity contribution in [1.82, 2.24) is 10.6 Å². The highest BCUT2D eigenvalue weighted by Crippen LogP contribution is 2.14. The Morgan fingerprint density at radius 1 is 1.40 bits per heavy atom. The Hall–Kier alpha value is -1.92. The highest BCUT2D eigenvalue weighted by atomic mass is 16.5. The number of nitrogens with one attached hydrogen (secondary N) is 2. The maximum Gasteiger partial charge on any atom is 0.335 e. The van der Waals surface area contributed by atoms with Crippen LogP contribution in [0.15, 0.2) is 24.3 Å². The maximum atomic E-state index is 12.1. The average Bonchev–Trinajstić information content (AvgIpc) is 2.93. The summed E-state index contributed by atoms with van der Waals surface area (Å²) in [6, 6.07) is 6.56. The molecule has 3 N–H and O–H groups in total. The molecular formula is C14H18N2O4. The van der Waals surface area contributed by atoms with Gasteiger partial charge in [-0.05, 0) is 24.7 Å². The Bertz CT molecular complexity index is 504. The molecule has 6 nitrogen and oxygen atoms in total. The van der Waals surface area contributed by atoms with Crippen molar-refractivity contribution in [3.8, 4) is 0 Å². The quantitative estimate of drug-likeness (QED) is 0.718. The molecule has 1 heterocycles. The molecule has 108 valence electrons. The molecule has 1 aliphatic heterocycles. The lowest BCUT2D eigenvalue weighted by atomic mass is 10.0. The Labute approximate surface area is 117 Å². The summed E-state index contributed by atoms with van der Waals surface area (Å²) in [5.41, 5.74) is 0.979. The topological polar surface area (TPSA) is 87.7 Å². The molecule has 2 unspecified atom stereocenters. The minimum atomic E-state index is -0.974. The maximum absolute atomic E-state index is 12.1. The van der Waals surface area contributed by atoms with E-state index in [4.69, 9.17) is 9.84 Å². The van der Waals surface area contributed by atoms with Gasteiger partial charge in [0.2, 0.25) is 5.91 Å². The van der Waals surface area contributed by atoms with Gasteiger partial charge in [0, 0.05) is 12.6 Å². The van der Waals surface area contributed by atoms with Crippen LogP contribution in [0.3, 0.4) is 0 Å². The number of likely N-dealkylation sites (N-methyl/N-ethyl adjacent to an activating group) is 1. The third-order valence-electron chi connectivity index (χ3n) is 3.43. The van der Waals surface area contributed by atoms with Gasteiger partial charge in [0.05, 0.1) is 24.7 Å². The first-order valence-electron chi connectivity index (χ1n) is 6.46. The van der Waals surface area contributed by atoms with Gasteiger partial charge in [-0.2, -0.15) is 0 Å². The predicted octanol–water partition coefficient (Wildman–Crippen LogP) is 0.235. The van der Waals surface area contributed by atoms with Crippen LogP contribution in [0.2, 0.25) is 0 Å². The van der Waals surface area contributed by atoms with Crippen molar-refractivity contribution < 1.29 is 19.4 Å². The van der Waals surface area contributed by atoms with Gasteiger partial charge in [0.1, 0.15) is 0 Å². The van der Waals surface area contributed by atoms with Gasteiger partial charge >= 0.3 is 5.97 Å². The van der Waals surface area contributed by atoms with E-state index in [1.165, 1.54) is 6.07 Å². The first-order valence-corrected chi connectivity index (χ1v) is 6.46. The van der Waals surface area contributed by atoms with Crippen molar-refractivity contribution in [2.75, 3.05) is 20.3 Å². The molecule has 0 radical (unpaired) electrons. The van der Waals surface area contributed by atoms with Crippen LogP contribution < -0.4 is 10.6 Å². The summed E-state index contributed by atoms with van der Waals surface area (Å²) in [5, 5.41) is 14.8. The normalized spacial score (nSPS) is 21.6. The fourth-order valence-electron chi connectivity index (χ4n) is 2.23. The SMILES string of the molecule is CNC1COCC1C(=O)NCc1cccc(C(=O)O)c1. The molecule has 2 rings (SSSR count). The summed E-state index contributed by atoms with van der Waals surface area (Å²) in [4.78, 5) is 22.9. The molecule has 0 aliphatic carbocycles. The average molecular weight is 278 g/mol. The summed E-state index contributed by atoms with van der Waals surface area (Å²) in [6.07, 6.45) is 0. The zero-order chi connectivity index (χ0) is 14.5. The number of amides is 1. The second-order valence-electron chi connectivity index (χ2n) is 4.76. The fraction of sp³-hybridized carbons (Fsp3) is 0.429. The van der Waals surface area contributed by atoms with E-state index in [0.717, 1.165) is 5.56 Å². The first-order chi connectivity index (χ1) is 9.61. The van der Waals surface area contributed by atoms with E-state index in [0.29, 0.717) is 19.8 Å². The molecule has 1 aromatic carbocycles. The number of carboxylic acid groups (broad SMARTS) is 1. The lowest BCUT2D eigenvalue weighted by Gasteiger charge is -2.16. The predicted molar refractivity (Wildman–Crippen MR) is 72.4 cm³/mol. The minimum absolute atomic E-state index is 0.0281. The molecule has 0 bridgehead atoms. The fourth-order valence-corrected chi connectivity index (χ4v) is 2.23. The van der Waals surface area contributed by atoms with Gasteiger partial charge in [0.15, 0.2) is 0 Å². The van der Waals surface area contributed by atoms with Crippen molar-refractivity contribution in [3.63, 3.8) is 0 Å². The third kappa shape index (κ3) is 3.34. The second-order valence-corrected chi connectivity index (χ2v) is 4.76. The van der Waals surface area contributed by atoms with Gasteiger partial charge in [-0.1, -0.05) is 12.1 Å². The van der Waals surface area contributed by atoms with Crippen LogP contribution in [0.25, 0.3) is 0 Å². The summed E-state index contributed by atoms with van der Waals surface area (Å²) < 4.78 is 5.28. The van der Waals surface area contributed by atoms with Gasteiger partial charge in [-0.15, -0.1) is 0 Å². The van der Waals surface area contributed by atoms with Gasteiger partial charge in [0.25, 0.3) is 0 Å². The van der Waals surface area contributed by atoms with E-state index in [9.17, 15) is 9.59 Å². The standard InChI is InChI=1S/C14H18N2O4/c1-15-12-8-20-7-11(12)13(17)16-6-9-3-2-4-10(5-9)14(18)19/h2-5,11-12,15H,6-8H2,1H3,(H,16,17)(H,18,19). The molecule has 1 amide bonds. The minimum Gasteiger partial charge on any atom is -0.478 e. The van der Waals surface area contributed by atoms with Gasteiger partial charge < -0.3 is 20.5 Å². The number of hydrogen-bond donors (Lipinski definition) is 3. The van der Waals surface area contributed by atoms with Crippen molar-refractivity contribution in [2.45, 2.75) is 12.6 Å². The van der Waals surface area contributed by atoms with Crippen molar-refractivity contribution >= 4 is 11.9 Å². The summed E-state index contributed by atoms with van der Waals surface area (Å²) in [7, 11) is 1.80. The lowest BCUT2D eigenvalue weighted by Crippen LogP contribution is -2.42. The van der Waals surface area contributed by atoms with E-state index in [1.807, 2.05) is 0 Å². The smallest absolute Gasteiger partial charge is 0.335 e. The molecule has 1 fully saturated rings. The Morgan fingerprint density at radius 2 is 2.20 bits per heavy atom. The molecule has 1 aromatic rings. The highest BCUT2D eigenvalue weighted by Gasteiger charge is 2.32. The molecule has 0 spiro atoms. The molecule has 6 heteroatoms. The third-order valence-corrected chi connectivity index (χ3v) is 3.43. The largest absolute Gasteiger partial charge is 0.478 e. The van der Waals surface area contributed by atoms with Gasteiger partial charge in [-0.25, -0.2) is 4.79 Å². The van der Waals surface area contributed by atoms with Crippen LogP contribution in [0, 0.1) is 5.92 Å². The molecule has 0 aromatic heterocycles. The van der Waals surface area contributed by atoms with E-state index in [2.05, 4.69) is 10.6 Å². The van der Waals surface area contributed by atoms with E-state index >= 15 is 0 Å². The number of aromatic carboxylic acids is 1. The van der Waals surface area contributed by atoms with Crippen molar-refractivity contribution in [3.05, 3.63) is 35.4 Å². The van der Waals surface area contributed by atoms with E-state index in [-0.39, 0.29) is 23.4 Å². The zero-order valence-corrected chi connectivity index (χ0v) is 11.3. The number of ether oxygens (including phenoxy) is 1. The van der Waals surface area contributed by atoms with Crippen LogP contribution in [0.1, 0.15) is 15.9 Å².